The summed E-state index contributed by atoms with van der Waals surface area (Å²) in [6.07, 6.45) is 0. The molecule has 33 heavy (non-hydrogen) atoms. The molecule has 1 fully saturated rings. The molecular formula is C25H28ClN3O4. The lowest BCUT2D eigenvalue weighted by atomic mass is 10.1. The number of amides is 1. The number of aromatic nitrogens is 1. The average Bonchev–Trinajstić information content (AvgIpc) is 3.16. The van der Waals surface area contributed by atoms with Crippen LogP contribution >= 0.6 is 11.6 Å². The van der Waals surface area contributed by atoms with Gasteiger partial charge in [0.15, 0.2) is 0 Å². The first-order chi connectivity index (χ1) is 16.0. The van der Waals surface area contributed by atoms with Gasteiger partial charge in [-0.15, -0.1) is 0 Å². The molecule has 2 aromatic carbocycles. The fourth-order valence-corrected chi connectivity index (χ4v) is 3.89. The van der Waals surface area contributed by atoms with E-state index in [0.29, 0.717) is 42.6 Å². The third-order valence-electron chi connectivity index (χ3n) is 5.79. The zero-order valence-electron chi connectivity index (χ0n) is 18.9. The minimum Gasteiger partial charge on any atom is -0.492 e. The monoisotopic (exact) mass is 469 g/mol. The zero-order chi connectivity index (χ0) is 23.2. The summed E-state index contributed by atoms with van der Waals surface area (Å²) < 4.78 is 16.9. The minimum absolute atomic E-state index is 0.0230. The summed E-state index contributed by atoms with van der Waals surface area (Å²) >= 11 is 5.90. The van der Waals surface area contributed by atoms with E-state index < -0.39 is 0 Å². The van der Waals surface area contributed by atoms with E-state index in [-0.39, 0.29) is 5.91 Å². The highest BCUT2D eigenvalue weighted by Gasteiger charge is 2.22. The lowest BCUT2D eigenvalue weighted by molar-refractivity contribution is 0.0620. The number of carbonyl (C=O) groups excluding carboxylic acids is 1. The second-order valence-electron chi connectivity index (χ2n) is 8.06. The summed E-state index contributed by atoms with van der Waals surface area (Å²) in [4.78, 5) is 17.2. The molecule has 7 nitrogen and oxygen atoms in total. The normalized spacial score (nSPS) is 14.3. The summed E-state index contributed by atoms with van der Waals surface area (Å²) in [6, 6.07) is 14.7. The number of piperazine rings is 1. The fourth-order valence-electron chi connectivity index (χ4n) is 3.76. The maximum absolute atomic E-state index is 13.0. The van der Waals surface area contributed by atoms with Gasteiger partial charge in [-0.1, -0.05) is 22.8 Å². The van der Waals surface area contributed by atoms with Gasteiger partial charge in [0, 0.05) is 43.3 Å². The first kappa shape index (κ1) is 23.1. The molecule has 1 aromatic heterocycles. The van der Waals surface area contributed by atoms with E-state index in [4.69, 9.17) is 25.6 Å². The van der Waals surface area contributed by atoms with Crippen molar-refractivity contribution in [1.29, 1.82) is 0 Å². The van der Waals surface area contributed by atoms with Crippen LogP contribution in [0.3, 0.4) is 0 Å². The van der Waals surface area contributed by atoms with Crippen molar-refractivity contribution < 1.29 is 18.8 Å². The number of aryl methyl sites for hydroxylation is 2. The standard InChI is InChI=1S/C25H28ClN3O4/c1-18-24(19(2)33-27-18)17-32-23-5-3-4-20(16-23)25(30)29-12-10-28(11-13-29)14-15-31-22-8-6-21(26)7-9-22/h3-9,16H,10-15,17H2,1-2H3. The lowest BCUT2D eigenvalue weighted by Crippen LogP contribution is -2.49. The third kappa shape index (κ3) is 6.06. The Labute approximate surface area is 198 Å². The van der Waals surface area contributed by atoms with E-state index >= 15 is 0 Å². The predicted molar refractivity (Wildman–Crippen MR) is 126 cm³/mol. The number of nitrogens with zero attached hydrogens (tertiary/aromatic N) is 3. The molecule has 0 saturated carbocycles. The molecule has 2 heterocycles. The molecule has 0 bridgehead atoms. The van der Waals surface area contributed by atoms with Crippen molar-refractivity contribution >= 4 is 17.5 Å². The number of ether oxygens (including phenoxy) is 2. The van der Waals surface area contributed by atoms with E-state index in [1.165, 1.54) is 0 Å². The van der Waals surface area contributed by atoms with Gasteiger partial charge < -0.3 is 18.9 Å². The van der Waals surface area contributed by atoms with Gasteiger partial charge in [0.1, 0.15) is 30.5 Å². The maximum Gasteiger partial charge on any atom is 0.254 e. The van der Waals surface area contributed by atoms with Crippen molar-refractivity contribution in [2.75, 3.05) is 39.3 Å². The molecule has 4 rings (SSSR count). The fraction of sp³-hybridized carbons (Fsp3) is 0.360. The first-order valence-corrected chi connectivity index (χ1v) is 11.4. The van der Waals surface area contributed by atoms with Gasteiger partial charge in [0.05, 0.1) is 11.3 Å². The van der Waals surface area contributed by atoms with E-state index in [1.807, 2.05) is 61.2 Å². The highest BCUT2D eigenvalue weighted by molar-refractivity contribution is 6.30. The summed E-state index contributed by atoms with van der Waals surface area (Å²) in [5, 5.41) is 4.64. The molecule has 0 aliphatic carbocycles. The molecule has 174 valence electrons. The van der Waals surface area contributed by atoms with Crippen LogP contribution in [0, 0.1) is 13.8 Å². The molecule has 1 amide bonds. The van der Waals surface area contributed by atoms with Crippen molar-refractivity contribution in [3.63, 3.8) is 0 Å². The van der Waals surface area contributed by atoms with Crippen LogP contribution in [-0.2, 0) is 6.61 Å². The van der Waals surface area contributed by atoms with Gasteiger partial charge in [0.2, 0.25) is 0 Å². The van der Waals surface area contributed by atoms with Crippen LogP contribution in [0.15, 0.2) is 53.1 Å². The van der Waals surface area contributed by atoms with E-state index in [1.54, 1.807) is 6.07 Å². The Morgan fingerprint density at radius 2 is 1.79 bits per heavy atom. The number of carbonyl (C=O) groups is 1. The summed E-state index contributed by atoms with van der Waals surface area (Å²) in [5.41, 5.74) is 2.38. The lowest BCUT2D eigenvalue weighted by Gasteiger charge is -2.34. The van der Waals surface area contributed by atoms with Gasteiger partial charge >= 0.3 is 0 Å². The average molecular weight is 470 g/mol. The molecule has 1 aliphatic rings. The highest BCUT2D eigenvalue weighted by Crippen LogP contribution is 2.20. The Hall–Kier alpha value is -3.03. The van der Waals surface area contributed by atoms with Crippen LogP contribution in [0.2, 0.25) is 5.02 Å². The van der Waals surface area contributed by atoms with Gasteiger partial charge in [0.25, 0.3) is 5.91 Å². The van der Waals surface area contributed by atoms with E-state index in [2.05, 4.69) is 10.1 Å². The van der Waals surface area contributed by atoms with Crippen LogP contribution in [0.25, 0.3) is 0 Å². The van der Waals surface area contributed by atoms with Crippen LogP contribution < -0.4 is 9.47 Å². The maximum atomic E-state index is 13.0. The molecule has 8 heteroatoms. The quantitative estimate of drug-likeness (QED) is 0.488. The Bertz CT molecular complexity index is 1060. The second-order valence-corrected chi connectivity index (χ2v) is 8.49. The molecule has 0 unspecified atom stereocenters. The van der Waals surface area contributed by atoms with Crippen molar-refractivity contribution in [1.82, 2.24) is 15.0 Å². The largest absolute Gasteiger partial charge is 0.492 e. The number of rotatable bonds is 8. The summed E-state index contributed by atoms with van der Waals surface area (Å²) in [7, 11) is 0. The molecule has 0 spiro atoms. The molecule has 0 atom stereocenters. The van der Waals surface area contributed by atoms with Crippen LogP contribution in [-0.4, -0.2) is 60.2 Å². The predicted octanol–water partition coefficient (Wildman–Crippen LogP) is 4.36. The smallest absolute Gasteiger partial charge is 0.254 e. The first-order valence-electron chi connectivity index (χ1n) is 11.0. The third-order valence-corrected chi connectivity index (χ3v) is 6.05. The van der Waals surface area contributed by atoms with Crippen LogP contribution in [0.1, 0.15) is 27.4 Å². The van der Waals surface area contributed by atoms with Gasteiger partial charge in [-0.3, -0.25) is 9.69 Å². The van der Waals surface area contributed by atoms with Crippen molar-refractivity contribution in [3.05, 3.63) is 76.1 Å². The van der Waals surface area contributed by atoms with Crippen LogP contribution in [0.4, 0.5) is 0 Å². The molecule has 0 radical (unpaired) electrons. The van der Waals surface area contributed by atoms with Gasteiger partial charge in [-0.25, -0.2) is 0 Å². The second kappa shape index (κ2) is 10.7. The van der Waals surface area contributed by atoms with Crippen molar-refractivity contribution in [3.8, 4) is 11.5 Å². The van der Waals surface area contributed by atoms with Crippen molar-refractivity contribution in [2.45, 2.75) is 20.5 Å². The SMILES string of the molecule is Cc1noc(C)c1COc1cccc(C(=O)N2CCN(CCOc3ccc(Cl)cc3)CC2)c1. The number of benzene rings is 2. The van der Waals surface area contributed by atoms with E-state index in [9.17, 15) is 4.79 Å². The van der Waals surface area contributed by atoms with Gasteiger partial charge in [-0.2, -0.15) is 0 Å². The Morgan fingerprint density at radius 1 is 1.03 bits per heavy atom. The Balaban J connectivity index is 1.24. The molecule has 0 N–H and O–H groups in total. The topological polar surface area (TPSA) is 68.0 Å². The van der Waals surface area contributed by atoms with Crippen LogP contribution in [0.5, 0.6) is 11.5 Å². The van der Waals surface area contributed by atoms with E-state index in [0.717, 1.165) is 42.4 Å². The Morgan fingerprint density at radius 3 is 2.48 bits per heavy atom. The number of hydrogen-bond donors (Lipinski definition) is 0. The summed E-state index contributed by atoms with van der Waals surface area (Å²) in [6.45, 7) is 8.52. The molecular weight excluding hydrogens is 442 g/mol. The van der Waals surface area contributed by atoms with Gasteiger partial charge in [-0.05, 0) is 56.3 Å². The van der Waals surface area contributed by atoms with Crippen molar-refractivity contribution in [2.24, 2.45) is 0 Å². The minimum atomic E-state index is 0.0230. The highest BCUT2D eigenvalue weighted by atomic mass is 35.5. The Kier molecular flexibility index (Phi) is 7.52. The molecule has 1 aliphatic heterocycles. The number of halogens is 1. The molecule has 3 aromatic rings. The molecule has 1 saturated heterocycles. The number of hydrogen-bond acceptors (Lipinski definition) is 6. The summed E-state index contributed by atoms with van der Waals surface area (Å²) in [5.74, 6) is 2.23. The zero-order valence-corrected chi connectivity index (χ0v) is 19.7.